The van der Waals surface area contributed by atoms with Crippen LogP contribution in [0.5, 0.6) is 0 Å². The summed E-state index contributed by atoms with van der Waals surface area (Å²) in [6, 6.07) is 0. The van der Waals surface area contributed by atoms with Crippen molar-refractivity contribution in [3.05, 3.63) is 11.6 Å². The third-order valence-electron chi connectivity index (χ3n) is 10.4. The molecule has 0 aromatic rings. The van der Waals surface area contributed by atoms with Crippen molar-refractivity contribution >= 4 is 6.29 Å². The minimum absolute atomic E-state index is 0.0987. The molecule has 4 aliphatic carbocycles. The van der Waals surface area contributed by atoms with Crippen molar-refractivity contribution in [3.8, 4) is 0 Å². The van der Waals surface area contributed by atoms with Gasteiger partial charge in [0.15, 0.2) is 0 Å². The fourth-order valence-electron chi connectivity index (χ4n) is 8.65. The van der Waals surface area contributed by atoms with Crippen molar-refractivity contribution in [2.24, 2.45) is 46.3 Å². The first-order valence-corrected chi connectivity index (χ1v) is 12.6. The van der Waals surface area contributed by atoms with Gasteiger partial charge >= 0.3 is 0 Å². The van der Waals surface area contributed by atoms with Crippen LogP contribution >= 0.6 is 0 Å². The lowest BCUT2D eigenvalue weighted by Crippen LogP contribution is -2.50. The van der Waals surface area contributed by atoms with E-state index in [0.717, 1.165) is 55.1 Å². The van der Waals surface area contributed by atoms with E-state index in [0.29, 0.717) is 10.8 Å². The van der Waals surface area contributed by atoms with Gasteiger partial charge in [-0.1, -0.05) is 52.2 Å². The Kier molecular flexibility index (Phi) is 6.06. The quantitative estimate of drug-likeness (QED) is 0.404. The van der Waals surface area contributed by atoms with Gasteiger partial charge in [-0.25, -0.2) is 0 Å². The van der Waals surface area contributed by atoms with Crippen molar-refractivity contribution in [2.45, 2.75) is 104 Å². The fraction of sp³-hybridized carbons (Fsp3) is 0.889. The van der Waals surface area contributed by atoms with E-state index in [4.69, 9.17) is 0 Å². The summed E-state index contributed by atoms with van der Waals surface area (Å²) in [5, 5.41) is 10.2. The maximum Gasteiger partial charge on any atom is 0.122 e. The van der Waals surface area contributed by atoms with Crippen LogP contribution in [0.1, 0.15) is 98.3 Å². The lowest BCUT2D eigenvalue weighted by Gasteiger charge is -2.58. The maximum absolute atomic E-state index is 10.9. The first kappa shape index (κ1) is 21.6. The Balaban J connectivity index is 1.46. The molecule has 0 radical (unpaired) electrons. The van der Waals surface area contributed by atoms with Gasteiger partial charge in [0.1, 0.15) is 6.29 Å². The maximum atomic E-state index is 10.9. The molecule has 4 rings (SSSR count). The average molecular weight is 401 g/mol. The van der Waals surface area contributed by atoms with E-state index in [-0.39, 0.29) is 12.0 Å². The zero-order chi connectivity index (χ0) is 20.8. The summed E-state index contributed by atoms with van der Waals surface area (Å²) >= 11 is 0. The van der Waals surface area contributed by atoms with Crippen LogP contribution in [0.3, 0.4) is 0 Å². The summed E-state index contributed by atoms with van der Waals surface area (Å²) < 4.78 is 0. The summed E-state index contributed by atoms with van der Waals surface area (Å²) in [5.74, 6) is 4.48. The Morgan fingerprint density at radius 2 is 1.90 bits per heavy atom. The number of rotatable bonds is 6. The second kappa shape index (κ2) is 8.13. The zero-order valence-corrected chi connectivity index (χ0v) is 19.3. The van der Waals surface area contributed by atoms with E-state index in [1.54, 1.807) is 5.57 Å². The molecule has 4 aliphatic rings. The lowest BCUT2D eigenvalue weighted by molar-refractivity contribution is -0.110. The van der Waals surface area contributed by atoms with E-state index < -0.39 is 0 Å². The van der Waals surface area contributed by atoms with Gasteiger partial charge in [0, 0.05) is 5.92 Å². The molecule has 0 bridgehead atoms. The number of hydrogen-bond donors (Lipinski definition) is 1. The summed E-state index contributed by atoms with van der Waals surface area (Å²) in [5.41, 5.74) is 2.47. The van der Waals surface area contributed by atoms with Crippen molar-refractivity contribution in [2.75, 3.05) is 0 Å². The minimum atomic E-state index is -0.0987. The minimum Gasteiger partial charge on any atom is -0.393 e. The Morgan fingerprint density at radius 1 is 1.10 bits per heavy atom. The average Bonchev–Trinajstić information content (AvgIpc) is 3.05. The predicted octanol–water partition coefficient (Wildman–Crippen LogP) is 6.57. The molecular formula is C27H44O2. The van der Waals surface area contributed by atoms with E-state index in [1.807, 2.05) is 0 Å². The molecule has 29 heavy (non-hydrogen) atoms. The number of aliphatic hydroxyl groups excluding tert-OH is 1. The van der Waals surface area contributed by atoms with Crippen molar-refractivity contribution < 1.29 is 9.90 Å². The standard InChI is InChI=1S/C27H44O2/c1-18(17-28)6-5-7-19(2)23-10-11-24-22-9-8-20-16-21(29)12-14-26(20,3)25(22)13-15-27(23,24)4/h8,17-19,21-25,29H,5-7,9-16H2,1-4H3/t18?,19-,21?,22+,23-,24+,25+,26+,27-/m1/s1. The smallest absolute Gasteiger partial charge is 0.122 e. The molecule has 0 aromatic heterocycles. The Labute approximate surface area is 178 Å². The third kappa shape index (κ3) is 3.66. The van der Waals surface area contributed by atoms with Gasteiger partial charge in [-0.05, 0) is 98.2 Å². The number of carbonyl (C=O) groups is 1. The lowest BCUT2D eigenvalue weighted by atomic mass is 9.47. The molecule has 2 unspecified atom stereocenters. The molecule has 1 N–H and O–H groups in total. The molecule has 2 nitrogen and oxygen atoms in total. The van der Waals surface area contributed by atoms with E-state index in [2.05, 4.69) is 33.8 Å². The first-order valence-electron chi connectivity index (χ1n) is 12.6. The van der Waals surface area contributed by atoms with Crippen LogP contribution in [0, 0.1) is 46.3 Å². The van der Waals surface area contributed by atoms with E-state index in [9.17, 15) is 9.90 Å². The van der Waals surface area contributed by atoms with Crippen LogP contribution in [0.25, 0.3) is 0 Å². The molecule has 0 spiro atoms. The highest BCUT2D eigenvalue weighted by atomic mass is 16.3. The molecular weight excluding hydrogens is 356 g/mol. The highest BCUT2D eigenvalue weighted by Crippen LogP contribution is 2.67. The predicted molar refractivity (Wildman–Crippen MR) is 119 cm³/mol. The number of allylic oxidation sites excluding steroid dienone is 1. The zero-order valence-electron chi connectivity index (χ0n) is 19.3. The topological polar surface area (TPSA) is 37.3 Å². The highest BCUT2D eigenvalue weighted by molar-refractivity contribution is 5.52. The molecule has 2 heteroatoms. The van der Waals surface area contributed by atoms with Crippen LogP contribution in [0.2, 0.25) is 0 Å². The van der Waals surface area contributed by atoms with Crippen LogP contribution in [0.15, 0.2) is 11.6 Å². The Bertz CT molecular complexity index is 638. The number of aldehydes is 1. The molecule has 0 heterocycles. The van der Waals surface area contributed by atoms with E-state index >= 15 is 0 Å². The number of hydrogen-bond acceptors (Lipinski definition) is 2. The van der Waals surface area contributed by atoms with Crippen LogP contribution < -0.4 is 0 Å². The second-order valence-electron chi connectivity index (χ2n) is 11.9. The molecule has 0 saturated heterocycles. The van der Waals surface area contributed by atoms with Gasteiger partial charge in [-0.15, -0.1) is 0 Å². The normalized spacial score (nSPS) is 46.1. The number of fused-ring (bicyclic) bond motifs is 5. The van der Waals surface area contributed by atoms with Crippen LogP contribution in [-0.4, -0.2) is 17.5 Å². The SMILES string of the molecule is CC(C=O)CCC[C@@H](C)[C@H]1CC[C@H]2[C@@H]3CC=C4CC(O)CC[C@]4(C)[C@H]3CC[C@]12C. The molecule has 0 aromatic carbocycles. The summed E-state index contributed by atoms with van der Waals surface area (Å²) in [4.78, 5) is 10.9. The van der Waals surface area contributed by atoms with Gasteiger partial charge in [0.2, 0.25) is 0 Å². The Morgan fingerprint density at radius 3 is 2.66 bits per heavy atom. The van der Waals surface area contributed by atoms with Crippen LogP contribution in [-0.2, 0) is 4.79 Å². The Hall–Kier alpha value is -0.630. The van der Waals surface area contributed by atoms with Gasteiger partial charge in [0.25, 0.3) is 0 Å². The molecule has 0 aliphatic heterocycles. The molecule has 0 amide bonds. The largest absolute Gasteiger partial charge is 0.393 e. The summed E-state index contributed by atoms with van der Waals surface area (Å²) in [7, 11) is 0. The van der Waals surface area contributed by atoms with Gasteiger partial charge in [0.05, 0.1) is 6.10 Å². The van der Waals surface area contributed by atoms with Crippen molar-refractivity contribution in [1.82, 2.24) is 0 Å². The number of aliphatic hydroxyl groups is 1. The fourth-order valence-corrected chi connectivity index (χ4v) is 8.65. The third-order valence-corrected chi connectivity index (χ3v) is 10.4. The monoisotopic (exact) mass is 400 g/mol. The van der Waals surface area contributed by atoms with E-state index in [1.165, 1.54) is 51.4 Å². The van der Waals surface area contributed by atoms with Crippen molar-refractivity contribution in [3.63, 3.8) is 0 Å². The van der Waals surface area contributed by atoms with Crippen LogP contribution in [0.4, 0.5) is 0 Å². The molecule has 3 fully saturated rings. The highest BCUT2D eigenvalue weighted by Gasteiger charge is 2.59. The van der Waals surface area contributed by atoms with Gasteiger partial charge in [-0.3, -0.25) is 0 Å². The summed E-state index contributed by atoms with van der Waals surface area (Å²) in [6.07, 6.45) is 17.2. The van der Waals surface area contributed by atoms with Gasteiger partial charge in [-0.2, -0.15) is 0 Å². The van der Waals surface area contributed by atoms with Gasteiger partial charge < -0.3 is 9.90 Å². The summed E-state index contributed by atoms with van der Waals surface area (Å²) in [6.45, 7) is 9.73. The number of carbonyl (C=O) groups excluding carboxylic acids is 1. The van der Waals surface area contributed by atoms with Crippen molar-refractivity contribution in [1.29, 1.82) is 0 Å². The molecule has 164 valence electrons. The first-order chi connectivity index (χ1) is 13.8. The second-order valence-corrected chi connectivity index (χ2v) is 11.9. The molecule has 9 atom stereocenters. The molecule has 3 saturated carbocycles.